The summed E-state index contributed by atoms with van der Waals surface area (Å²) in [5, 5.41) is 3.57. The average Bonchev–Trinajstić information content (AvgIpc) is 2.42. The third-order valence-corrected chi connectivity index (χ3v) is 3.63. The molecule has 1 atom stereocenters. The number of benzene rings is 1. The molecule has 1 fully saturated rings. The fourth-order valence-corrected chi connectivity index (χ4v) is 2.60. The lowest BCUT2D eigenvalue weighted by Crippen LogP contribution is -2.35. The van der Waals surface area contributed by atoms with Gasteiger partial charge in [0.15, 0.2) is 0 Å². The summed E-state index contributed by atoms with van der Waals surface area (Å²) < 4.78 is 5.95. The van der Waals surface area contributed by atoms with Crippen LogP contribution in [0.4, 0.5) is 0 Å². The highest BCUT2D eigenvalue weighted by Gasteiger charge is 2.12. The monoisotopic (exact) mass is 247 g/mol. The highest BCUT2D eigenvalue weighted by atomic mass is 16.5. The first-order valence-corrected chi connectivity index (χ1v) is 7.34. The number of para-hydroxylation sites is 1. The molecule has 0 unspecified atom stereocenters. The van der Waals surface area contributed by atoms with Crippen LogP contribution in [-0.2, 0) is 6.42 Å². The zero-order valence-electron chi connectivity index (χ0n) is 11.5. The molecule has 0 aromatic heterocycles. The van der Waals surface area contributed by atoms with Crippen LogP contribution in [0.1, 0.15) is 44.6 Å². The molecule has 0 radical (unpaired) electrons. The highest BCUT2D eigenvalue weighted by molar-refractivity contribution is 5.33. The van der Waals surface area contributed by atoms with Crippen LogP contribution >= 0.6 is 0 Å². The Balaban J connectivity index is 1.78. The Hall–Kier alpha value is -1.02. The van der Waals surface area contributed by atoms with Gasteiger partial charge in [-0.2, -0.15) is 0 Å². The van der Waals surface area contributed by atoms with Gasteiger partial charge in [0.25, 0.3) is 0 Å². The minimum atomic E-state index is 0.664. The Morgan fingerprint density at radius 1 is 1.28 bits per heavy atom. The summed E-state index contributed by atoms with van der Waals surface area (Å²) in [7, 11) is 0. The maximum atomic E-state index is 5.95. The van der Waals surface area contributed by atoms with E-state index in [0.717, 1.165) is 25.2 Å². The van der Waals surface area contributed by atoms with Gasteiger partial charge in [0.2, 0.25) is 0 Å². The van der Waals surface area contributed by atoms with Crippen molar-refractivity contribution < 1.29 is 4.74 Å². The second kappa shape index (κ2) is 7.42. The summed E-state index contributed by atoms with van der Waals surface area (Å²) in [4.78, 5) is 0. The maximum absolute atomic E-state index is 5.95. The first kappa shape index (κ1) is 13.4. The lowest BCUT2D eigenvalue weighted by Gasteiger charge is -2.23. The normalized spacial score (nSPS) is 19.7. The molecule has 1 aromatic carbocycles. The third-order valence-electron chi connectivity index (χ3n) is 3.63. The molecule has 2 rings (SSSR count). The van der Waals surface area contributed by atoms with Crippen molar-refractivity contribution in [3.05, 3.63) is 29.8 Å². The topological polar surface area (TPSA) is 21.3 Å². The Morgan fingerprint density at radius 3 is 2.94 bits per heavy atom. The van der Waals surface area contributed by atoms with Gasteiger partial charge in [-0.15, -0.1) is 0 Å². The Labute approximate surface area is 111 Å². The number of hydrogen-bond acceptors (Lipinski definition) is 2. The molecule has 2 heteroatoms. The van der Waals surface area contributed by atoms with Gasteiger partial charge in [-0.1, -0.05) is 38.0 Å². The van der Waals surface area contributed by atoms with Crippen molar-refractivity contribution in [3.8, 4) is 5.75 Å². The standard InChI is InChI=1S/C16H25NO/c1-2-7-14-8-3-4-10-16(14)18-13-11-15-9-5-6-12-17-15/h3-4,8,10,15,17H,2,5-7,9,11-13H2,1H3/t15-/m1/s1. The number of aryl methyl sites for hydroxylation is 1. The van der Waals surface area contributed by atoms with Gasteiger partial charge < -0.3 is 10.1 Å². The SMILES string of the molecule is CCCc1ccccc1OCC[C@H]1CCCCN1. The molecule has 1 saturated heterocycles. The summed E-state index contributed by atoms with van der Waals surface area (Å²) in [5.74, 6) is 1.08. The van der Waals surface area contributed by atoms with Crippen molar-refractivity contribution in [2.45, 2.75) is 51.5 Å². The van der Waals surface area contributed by atoms with E-state index in [-0.39, 0.29) is 0 Å². The van der Waals surface area contributed by atoms with E-state index in [1.54, 1.807) is 0 Å². The van der Waals surface area contributed by atoms with Crippen LogP contribution in [0.2, 0.25) is 0 Å². The lowest BCUT2D eigenvalue weighted by molar-refractivity contribution is 0.266. The van der Waals surface area contributed by atoms with E-state index in [0.29, 0.717) is 6.04 Å². The summed E-state index contributed by atoms with van der Waals surface area (Å²) in [6, 6.07) is 9.10. The van der Waals surface area contributed by atoms with Gasteiger partial charge in [-0.25, -0.2) is 0 Å². The van der Waals surface area contributed by atoms with E-state index in [1.807, 2.05) is 0 Å². The summed E-state index contributed by atoms with van der Waals surface area (Å²) in [6.07, 6.45) is 7.41. The van der Waals surface area contributed by atoms with E-state index < -0.39 is 0 Å². The second-order valence-corrected chi connectivity index (χ2v) is 5.14. The van der Waals surface area contributed by atoms with Crippen molar-refractivity contribution >= 4 is 0 Å². The highest BCUT2D eigenvalue weighted by Crippen LogP contribution is 2.20. The minimum Gasteiger partial charge on any atom is -0.493 e. The van der Waals surface area contributed by atoms with Crippen LogP contribution in [0.5, 0.6) is 5.75 Å². The molecule has 0 bridgehead atoms. The summed E-state index contributed by atoms with van der Waals surface area (Å²) in [5.41, 5.74) is 1.34. The van der Waals surface area contributed by atoms with Crippen molar-refractivity contribution in [1.82, 2.24) is 5.32 Å². The Kier molecular flexibility index (Phi) is 5.53. The smallest absolute Gasteiger partial charge is 0.122 e. The molecule has 100 valence electrons. The van der Waals surface area contributed by atoms with Gasteiger partial charge in [-0.05, 0) is 43.9 Å². The molecule has 1 aliphatic rings. The number of piperidine rings is 1. The van der Waals surface area contributed by atoms with Gasteiger partial charge in [0.05, 0.1) is 6.61 Å². The zero-order chi connectivity index (χ0) is 12.6. The molecule has 1 N–H and O–H groups in total. The number of nitrogens with one attached hydrogen (secondary N) is 1. The van der Waals surface area contributed by atoms with Gasteiger partial charge in [-0.3, -0.25) is 0 Å². The van der Waals surface area contributed by atoms with E-state index >= 15 is 0 Å². The molecule has 0 aliphatic carbocycles. The van der Waals surface area contributed by atoms with Crippen LogP contribution in [-0.4, -0.2) is 19.2 Å². The molecule has 2 nitrogen and oxygen atoms in total. The predicted molar refractivity (Wildman–Crippen MR) is 76.2 cm³/mol. The Bertz CT molecular complexity index is 345. The fraction of sp³-hybridized carbons (Fsp3) is 0.625. The molecular weight excluding hydrogens is 222 g/mol. The van der Waals surface area contributed by atoms with Crippen molar-refractivity contribution in [1.29, 1.82) is 0 Å². The van der Waals surface area contributed by atoms with Crippen LogP contribution in [0.25, 0.3) is 0 Å². The largest absolute Gasteiger partial charge is 0.493 e. The van der Waals surface area contributed by atoms with Crippen LogP contribution in [0.3, 0.4) is 0 Å². The van der Waals surface area contributed by atoms with Gasteiger partial charge in [0, 0.05) is 6.04 Å². The van der Waals surface area contributed by atoms with E-state index in [2.05, 4.69) is 36.5 Å². The second-order valence-electron chi connectivity index (χ2n) is 5.14. The fourth-order valence-electron chi connectivity index (χ4n) is 2.60. The molecular formula is C16H25NO. The van der Waals surface area contributed by atoms with Crippen molar-refractivity contribution in [2.24, 2.45) is 0 Å². The van der Waals surface area contributed by atoms with Crippen molar-refractivity contribution in [3.63, 3.8) is 0 Å². The van der Waals surface area contributed by atoms with Gasteiger partial charge >= 0.3 is 0 Å². The molecule has 0 saturated carbocycles. The minimum absolute atomic E-state index is 0.664. The van der Waals surface area contributed by atoms with E-state index in [1.165, 1.54) is 37.8 Å². The third kappa shape index (κ3) is 4.02. The number of ether oxygens (including phenoxy) is 1. The van der Waals surface area contributed by atoms with Crippen molar-refractivity contribution in [2.75, 3.05) is 13.2 Å². The molecule has 18 heavy (non-hydrogen) atoms. The molecule has 1 aliphatic heterocycles. The quantitative estimate of drug-likeness (QED) is 0.830. The predicted octanol–water partition coefficient (Wildman–Crippen LogP) is 3.55. The van der Waals surface area contributed by atoms with Crippen LogP contribution in [0, 0.1) is 0 Å². The first-order valence-electron chi connectivity index (χ1n) is 7.34. The number of hydrogen-bond donors (Lipinski definition) is 1. The zero-order valence-corrected chi connectivity index (χ0v) is 11.5. The average molecular weight is 247 g/mol. The first-order chi connectivity index (χ1) is 8.90. The molecule has 0 spiro atoms. The van der Waals surface area contributed by atoms with Gasteiger partial charge in [0.1, 0.15) is 5.75 Å². The van der Waals surface area contributed by atoms with Crippen LogP contribution in [0.15, 0.2) is 24.3 Å². The van der Waals surface area contributed by atoms with E-state index in [9.17, 15) is 0 Å². The number of rotatable bonds is 6. The summed E-state index contributed by atoms with van der Waals surface area (Å²) >= 11 is 0. The maximum Gasteiger partial charge on any atom is 0.122 e. The Morgan fingerprint density at radius 2 is 2.17 bits per heavy atom. The van der Waals surface area contributed by atoms with E-state index in [4.69, 9.17) is 4.74 Å². The lowest BCUT2D eigenvalue weighted by atomic mass is 10.0. The summed E-state index contributed by atoms with van der Waals surface area (Å²) in [6.45, 7) is 4.22. The van der Waals surface area contributed by atoms with Crippen LogP contribution < -0.4 is 10.1 Å². The molecule has 1 heterocycles. The molecule has 0 amide bonds. The molecule has 1 aromatic rings.